The number of aromatic nitrogens is 2. The predicted octanol–water partition coefficient (Wildman–Crippen LogP) is 1.74. The smallest absolute Gasteiger partial charge is 0.160 e. The first-order valence-electron chi connectivity index (χ1n) is 4.65. The Labute approximate surface area is 107 Å². The van der Waals surface area contributed by atoms with Crippen molar-refractivity contribution in [3.63, 3.8) is 0 Å². The third-order valence-corrected chi connectivity index (χ3v) is 3.67. The third kappa shape index (κ3) is 2.77. The van der Waals surface area contributed by atoms with Gasteiger partial charge in [0.2, 0.25) is 0 Å². The van der Waals surface area contributed by atoms with Crippen molar-refractivity contribution in [2.24, 2.45) is 0 Å². The highest BCUT2D eigenvalue weighted by Gasteiger charge is 2.22. The molecule has 82 valence electrons. The van der Waals surface area contributed by atoms with Crippen molar-refractivity contribution in [1.29, 1.82) is 0 Å². The lowest BCUT2D eigenvalue weighted by Gasteiger charge is -2.28. The Morgan fingerprint density at radius 2 is 2.47 bits per heavy atom. The predicted molar refractivity (Wildman–Crippen MR) is 65.9 cm³/mol. The SMILES string of the molecule is CN1CCOC(c2ncc(I)c(Cl)n2)C1. The lowest BCUT2D eigenvalue weighted by atomic mass is 10.2. The normalized spacial score (nSPS) is 23.0. The molecule has 1 saturated heterocycles. The first-order valence-corrected chi connectivity index (χ1v) is 6.10. The molecule has 1 fully saturated rings. The van der Waals surface area contributed by atoms with E-state index in [1.807, 2.05) is 0 Å². The molecular weight excluding hydrogens is 328 g/mol. The highest BCUT2D eigenvalue weighted by molar-refractivity contribution is 14.1. The standard InChI is InChI=1S/C9H11ClIN3O/c1-14-2-3-15-7(5-14)9-12-4-6(11)8(10)13-9/h4,7H,2-3,5H2,1H3. The van der Waals surface area contributed by atoms with E-state index >= 15 is 0 Å². The van der Waals surface area contributed by atoms with Gasteiger partial charge in [-0.1, -0.05) is 11.6 Å². The molecule has 0 saturated carbocycles. The van der Waals surface area contributed by atoms with Crippen LogP contribution in [0.1, 0.15) is 11.9 Å². The quantitative estimate of drug-likeness (QED) is 0.577. The minimum atomic E-state index is -0.0572. The van der Waals surface area contributed by atoms with Crippen LogP contribution in [0.4, 0.5) is 0 Å². The van der Waals surface area contributed by atoms with Crippen molar-refractivity contribution >= 4 is 34.2 Å². The Hall–Kier alpha value is 0.0200. The number of rotatable bonds is 1. The van der Waals surface area contributed by atoms with E-state index < -0.39 is 0 Å². The van der Waals surface area contributed by atoms with Gasteiger partial charge in [0, 0.05) is 19.3 Å². The van der Waals surface area contributed by atoms with Gasteiger partial charge in [-0.05, 0) is 29.6 Å². The largest absolute Gasteiger partial charge is 0.368 e. The molecule has 1 aliphatic heterocycles. The lowest BCUT2D eigenvalue weighted by Crippen LogP contribution is -2.36. The molecule has 0 radical (unpaired) electrons. The number of likely N-dealkylation sites (N-methyl/N-ethyl adjacent to an activating group) is 1. The summed E-state index contributed by atoms with van der Waals surface area (Å²) in [6.45, 7) is 2.49. The second-order valence-electron chi connectivity index (χ2n) is 3.49. The van der Waals surface area contributed by atoms with Gasteiger partial charge >= 0.3 is 0 Å². The first kappa shape index (κ1) is 11.5. The van der Waals surface area contributed by atoms with Crippen LogP contribution in [0.2, 0.25) is 5.15 Å². The summed E-state index contributed by atoms with van der Waals surface area (Å²) in [7, 11) is 2.06. The molecule has 1 unspecified atom stereocenters. The molecule has 1 aromatic heterocycles. The van der Waals surface area contributed by atoms with Crippen LogP contribution in [0.5, 0.6) is 0 Å². The molecule has 2 heterocycles. The molecule has 4 nitrogen and oxygen atoms in total. The summed E-state index contributed by atoms with van der Waals surface area (Å²) >= 11 is 8.05. The molecule has 0 spiro atoms. The number of hydrogen-bond acceptors (Lipinski definition) is 4. The summed E-state index contributed by atoms with van der Waals surface area (Å²) in [5, 5.41) is 0.498. The maximum atomic E-state index is 5.94. The van der Waals surface area contributed by atoms with E-state index in [9.17, 15) is 0 Å². The fourth-order valence-electron chi connectivity index (χ4n) is 1.45. The van der Waals surface area contributed by atoms with Gasteiger partial charge in [0.15, 0.2) is 5.82 Å². The Morgan fingerprint density at radius 3 is 3.13 bits per heavy atom. The molecule has 1 aliphatic rings. The second kappa shape index (κ2) is 4.90. The Balaban J connectivity index is 2.18. The topological polar surface area (TPSA) is 38.2 Å². The van der Waals surface area contributed by atoms with Crippen LogP contribution in [0, 0.1) is 3.57 Å². The molecule has 0 aromatic carbocycles. The van der Waals surface area contributed by atoms with Gasteiger partial charge in [-0.3, -0.25) is 0 Å². The van der Waals surface area contributed by atoms with Crippen LogP contribution in [-0.2, 0) is 4.74 Å². The van der Waals surface area contributed by atoms with Gasteiger partial charge in [-0.2, -0.15) is 0 Å². The van der Waals surface area contributed by atoms with Gasteiger partial charge in [-0.15, -0.1) is 0 Å². The van der Waals surface area contributed by atoms with Crippen molar-refractivity contribution in [2.45, 2.75) is 6.10 Å². The summed E-state index contributed by atoms with van der Waals surface area (Å²) in [6, 6.07) is 0. The van der Waals surface area contributed by atoms with E-state index in [2.05, 4.69) is 44.5 Å². The van der Waals surface area contributed by atoms with E-state index in [0.29, 0.717) is 17.6 Å². The van der Waals surface area contributed by atoms with Crippen LogP contribution in [0.25, 0.3) is 0 Å². The van der Waals surface area contributed by atoms with Crippen LogP contribution < -0.4 is 0 Å². The number of halogens is 2. The zero-order valence-corrected chi connectivity index (χ0v) is 11.2. The van der Waals surface area contributed by atoms with Crippen LogP contribution >= 0.6 is 34.2 Å². The van der Waals surface area contributed by atoms with Crippen molar-refractivity contribution < 1.29 is 4.74 Å². The minimum absolute atomic E-state index is 0.0572. The second-order valence-corrected chi connectivity index (χ2v) is 5.01. The number of nitrogens with zero attached hydrogens (tertiary/aromatic N) is 3. The summed E-state index contributed by atoms with van der Waals surface area (Å²) in [5.41, 5.74) is 0. The summed E-state index contributed by atoms with van der Waals surface area (Å²) in [6.07, 6.45) is 1.67. The Morgan fingerprint density at radius 1 is 1.67 bits per heavy atom. The summed E-state index contributed by atoms with van der Waals surface area (Å²) < 4.78 is 6.46. The van der Waals surface area contributed by atoms with E-state index in [0.717, 1.165) is 16.7 Å². The molecule has 15 heavy (non-hydrogen) atoms. The van der Waals surface area contributed by atoms with Gasteiger partial charge in [0.05, 0.1) is 10.2 Å². The molecule has 0 aliphatic carbocycles. The van der Waals surface area contributed by atoms with Crippen LogP contribution in [0.15, 0.2) is 6.20 Å². The minimum Gasteiger partial charge on any atom is -0.368 e. The number of ether oxygens (including phenoxy) is 1. The van der Waals surface area contributed by atoms with Crippen molar-refractivity contribution in [1.82, 2.24) is 14.9 Å². The zero-order valence-electron chi connectivity index (χ0n) is 8.28. The van der Waals surface area contributed by atoms with Crippen molar-refractivity contribution in [2.75, 3.05) is 26.7 Å². The van der Waals surface area contributed by atoms with E-state index in [-0.39, 0.29) is 6.10 Å². The highest BCUT2D eigenvalue weighted by Crippen LogP contribution is 2.21. The van der Waals surface area contributed by atoms with Gasteiger partial charge in [0.1, 0.15) is 11.3 Å². The third-order valence-electron chi connectivity index (χ3n) is 2.28. The highest BCUT2D eigenvalue weighted by atomic mass is 127. The maximum absolute atomic E-state index is 5.94. The van der Waals surface area contributed by atoms with E-state index in [1.54, 1.807) is 6.20 Å². The average molecular weight is 340 g/mol. The summed E-state index contributed by atoms with van der Waals surface area (Å²) in [5.74, 6) is 0.673. The molecule has 0 bridgehead atoms. The van der Waals surface area contributed by atoms with Crippen LogP contribution in [-0.4, -0.2) is 41.6 Å². The lowest BCUT2D eigenvalue weighted by molar-refractivity contribution is -0.0255. The Bertz CT molecular complexity index is 363. The molecular formula is C9H11ClIN3O. The molecule has 2 rings (SSSR count). The Kier molecular flexibility index (Phi) is 3.76. The molecule has 0 N–H and O–H groups in total. The fourth-order valence-corrected chi connectivity index (χ4v) is 1.84. The van der Waals surface area contributed by atoms with E-state index in [4.69, 9.17) is 16.3 Å². The maximum Gasteiger partial charge on any atom is 0.160 e. The van der Waals surface area contributed by atoms with Crippen LogP contribution in [0.3, 0.4) is 0 Å². The number of hydrogen-bond donors (Lipinski definition) is 0. The molecule has 1 aromatic rings. The molecule has 6 heteroatoms. The van der Waals surface area contributed by atoms with Crippen molar-refractivity contribution in [3.8, 4) is 0 Å². The van der Waals surface area contributed by atoms with E-state index in [1.165, 1.54) is 0 Å². The van der Waals surface area contributed by atoms with Gasteiger partial charge in [-0.25, -0.2) is 9.97 Å². The number of morpholine rings is 1. The fraction of sp³-hybridized carbons (Fsp3) is 0.556. The first-order chi connectivity index (χ1) is 7.16. The summed E-state index contributed by atoms with van der Waals surface area (Å²) in [4.78, 5) is 10.7. The molecule has 0 amide bonds. The van der Waals surface area contributed by atoms with Gasteiger partial charge < -0.3 is 9.64 Å². The average Bonchev–Trinajstić information content (AvgIpc) is 2.22. The van der Waals surface area contributed by atoms with Crippen molar-refractivity contribution in [3.05, 3.63) is 20.7 Å². The zero-order chi connectivity index (χ0) is 10.8. The monoisotopic (exact) mass is 339 g/mol. The van der Waals surface area contributed by atoms with Gasteiger partial charge in [0.25, 0.3) is 0 Å². The molecule has 1 atom stereocenters.